The van der Waals surface area contributed by atoms with Crippen molar-refractivity contribution in [2.45, 2.75) is 11.8 Å². The number of hydrogen-bond acceptors (Lipinski definition) is 6. The lowest BCUT2D eigenvalue weighted by atomic mass is 10.2. The number of esters is 1. The summed E-state index contributed by atoms with van der Waals surface area (Å²) in [5.41, 5.74) is 2.15. The molecule has 7 heteroatoms. The van der Waals surface area contributed by atoms with Crippen molar-refractivity contribution in [1.82, 2.24) is 4.90 Å². The molecule has 29 heavy (non-hydrogen) atoms. The van der Waals surface area contributed by atoms with E-state index in [0.29, 0.717) is 26.2 Å². The van der Waals surface area contributed by atoms with Crippen LogP contribution in [0.4, 0.5) is 5.69 Å². The monoisotopic (exact) mass is 414 g/mol. The Bertz CT molecular complexity index is 850. The molecule has 0 aliphatic carbocycles. The lowest BCUT2D eigenvalue weighted by Gasteiger charge is -2.36. The quantitative estimate of drug-likeness (QED) is 0.513. The SMILES string of the molecule is COc1ccccc1N1CCN(C(=O)COC(=O)CSc2ccccc2C)CC1. The van der Waals surface area contributed by atoms with E-state index < -0.39 is 0 Å². The van der Waals surface area contributed by atoms with Gasteiger partial charge in [-0.1, -0.05) is 30.3 Å². The van der Waals surface area contributed by atoms with E-state index in [-0.39, 0.29) is 24.2 Å². The van der Waals surface area contributed by atoms with Gasteiger partial charge in [-0.15, -0.1) is 11.8 Å². The van der Waals surface area contributed by atoms with Gasteiger partial charge in [-0.25, -0.2) is 0 Å². The summed E-state index contributed by atoms with van der Waals surface area (Å²) >= 11 is 1.43. The van der Waals surface area contributed by atoms with Crippen molar-refractivity contribution >= 4 is 29.3 Å². The van der Waals surface area contributed by atoms with Crippen LogP contribution in [0.15, 0.2) is 53.4 Å². The smallest absolute Gasteiger partial charge is 0.316 e. The highest BCUT2D eigenvalue weighted by Crippen LogP contribution is 2.28. The molecule has 1 saturated heterocycles. The molecule has 0 aromatic heterocycles. The predicted molar refractivity (Wildman–Crippen MR) is 115 cm³/mol. The van der Waals surface area contributed by atoms with Crippen LogP contribution in [0, 0.1) is 6.92 Å². The minimum atomic E-state index is -0.376. The Kier molecular flexibility index (Phi) is 7.41. The van der Waals surface area contributed by atoms with Gasteiger partial charge in [0.2, 0.25) is 0 Å². The molecule has 0 saturated carbocycles. The van der Waals surface area contributed by atoms with Gasteiger partial charge in [-0.05, 0) is 30.7 Å². The Hall–Kier alpha value is -2.67. The molecule has 0 bridgehead atoms. The van der Waals surface area contributed by atoms with Gasteiger partial charge < -0.3 is 19.3 Å². The molecule has 2 aromatic carbocycles. The second-order valence-electron chi connectivity index (χ2n) is 6.75. The summed E-state index contributed by atoms with van der Waals surface area (Å²) < 4.78 is 10.6. The molecule has 0 radical (unpaired) electrons. The minimum absolute atomic E-state index is 0.154. The highest BCUT2D eigenvalue weighted by atomic mass is 32.2. The van der Waals surface area contributed by atoms with Crippen LogP contribution in [0.1, 0.15) is 5.56 Å². The maximum absolute atomic E-state index is 12.4. The molecule has 6 nitrogen and oxygen atoms in total. The van der Waals surface area contributed by atoms with Crippen molar-refractivity contribution in [3.63, 3.8) is 0 Å². The molecule has 1 aliphatic heterocycles. The summed E-state index contributed by atoms with van der Waals surface area (Å²) in [7, 11) is 1.66. The first-order valence-corrected chi connectivity index (χ1v) is 10.6. The first kappa shape index (κ1) is 21.0. The first-order valence-electron chi connectivity index (χ1n) is 9.58. The highest BCUT2D eigenvalue weighted by Gasteiger charge is 2.23. The molecule has 1 aliphatic rings. The summed E-state index contributed by atoms with van der Waals surface area (Å²) in [6.45, 7) is 4.40. The summed E-state index contributed by atoms with van der Waals surface area (Å²) in [6, 6.07) is 15.7. The van der Waals surface area contributed by atoms with E-state index in [1.807, 2.05) is 55.5 Å². The molecule has 1 amide bonds. The normalized spacial score (nSPS) is 13.9. The largest absolute Gasteiger partial charge is 0.495 e. The average molecular weight is 415 g/mol. The van der Waals surface area contributed by atoms with E-state index in [9.17, 15) is 9.59 Å². The van der Waals surface area contributed by atoms with Gasteiger partial charge in [0.1, 0.15) is 5.75 Å². The molecule has 0 unspecified atom stereocenters. The highest BCUT2D eigenvalue weighted by molar-refractivity contribution is 8.00. The summed E-state index contributed by atoms with van der Waals surface area (Å²) in [5, 5.41) is 0. The molecule has 154 valence electrons. The van der Waals surface area contributed by atoms with Crippen LogP contribution in [0.25, 0.3) is 0 Å². The van der Waals surface area contributed by atoms with Crippen molar-refractivity contribution in [3.05, 3.63) is 54.1 Å². The summed E-state index contributed by atoms with van der Waals surface area (Å²) in [6.07, 6.45) is 0. The predicted octanol–water partition coefficient (Wildman–Crippen LogP) is 2.99. The number of anilines is 1. The standard InChI is InChI=1S/C22H26N2O4S/c1-17-7-3-6-10-20(17)29-16-22(26)28-15-21(25)24-13-11-23(12-14-24)18-8-4-5-9-19(18)27-2/h3-10H,11-16H2,1-2H3. The maximum atomic E-state index is 12.4. The lowest BCUT2D eigenvalue weighted by Crippen LogP contribution is -2.50. The number of thioether (sulfide) groups is 1. The topological polar surface area (TPSA) is 59.1 Å². The Morgan fingerprint density at radius 2 is 1.69 bits per heavy atom. The number of para-hydroxylation sites is 2. The van der Waals surface area contributed by atoms with Crippen LogP contribution in [-0.4, -0.2) is 62.4 Å². The van der Waals surface area contributed by atoms with Gasteiger partial charge in [0.15, 0.2) is 6.61 Å². The number of benzene rings is 2. The number of amides is 1. The van der Waals surface area contributed by atoms with Crippen molar-refractivity contribution in [3.8, 4) is 5.75 Å². The molecule has 1 heterocycles. The number of carbonyl (C=O) groups is 2. The zero-order valence-corrected chi connectivity index (χ0v) is 17.6. The number of methoxy groups -OCH3 is 1. The van der Waals surface area contributed by atoms with Crippen molar-refractivity contribution in [2.24, 2.45) is 0 Å². The zero-order chi connectivity index (χ0) is 20.6. The average Bonchev–Trinajstić information content (AvgIpc) is 2.77. The first-order chi connectivity index (χ1) is 14.1. The third-order valence-electron chi connectivity index (χ3n) is 4.85. The van der Waals surface area contributed by atoms with Crippen LogP contribution in [0.2, 0.25) is 0 Å². The number of rotatable bonds is 7. The Morgan fingerprint density at radius 3 is 2.41 bits per heavy atom. The van der Waals surface area contributed by atoms with Gasteiger partial charge in [0.05, 0.1) is 18.6 Å². The Labute approximate surface area is 175 Å². The van der Waals surface area contributed by atoms with E-state index in [1.165, 1.54) is 11.8 Å². The van der Waals surface area contributed by atoms with E-state index in [4.69, 9.17) is 9.47 Å². The van der Waals surface area contributed by atoms with Crippen LogP contribution in [0.5, 0.6) is 5.75 Å². The molecule has 0 spiro atoms. The Morgan fingerprint density at radius 1 is 1.00 bits per heavy atom. The van der Waals surface area contributed by atoms with Gasteiger partial charge in [0.25, 0.3) is 5.91 Å². The number of hydrogen-bond donors (Lipinski definition) is 0. The van der Waals surface area contributed by atoms with Crippen LogP contribution in [0.3, 0.4) is 0 Å². The maximum Gasteiger partial charge on any atom is 0.316 e. The zero-order valence-electron chi connectivity index (χ0n) is 16.8. The molecular weight excluding hydrogens is 388 g/mol. The molecule has 0 atom stereocenters. The second-order valence-corrected chi connectivity index (χ2v) is 7.77. The fraction of sp³-hybridized carbons (Fsp3) is 0.364. The number of carbonyl (C=O) groups excluding carboxylic acids is 2. The van der Waals surface area contributed by atoms with Crippen molar-refractivity contribution < 1.29 is 19.1 Å². The Balaban J connectivity index is 1.41. The number of ether oxygens (including phenoxy) is 2. The van der Waals surface area contributed by atoms with E-state index in [2.05, 4.69) is 4.90 Å². The van der Waals surface area contributed by atoms with Crippen LogP contribution in [-0.2, 0) is 14.3 Å². The number of aryl methyl sites for hydroxylation is 1. The molecule has 1 fully saturated rings. The van der Waals surface area contributed by atoms with Crippen LogP contribution < -0.4 is 9.64 Å². The van der Waals surface area contributed by atoms with E-state index >= 15 is 0 Å². The van der Waals surface area contributed by atoms with Gasteiger partial charge >= 0.3 is 5.97 Å². The second kappa shape index (κ2) is 10.2. The molecular formula is C22H26N2O4S. The van der Waals surface area contributed by atoms with Gasteiger partial charge in [0, 0.05) is 31.1 Å². The third-order valence-corrected chi connectivity index (χ3v) is 6.00. The fourth-order valence-electron chi connectivity index (χ4n) is 3.22. The fourth-order valence-corrected chi connectivity index (χ4v) is 4.05. The molecule has 3 rings (SSSR count). The van der Waals surface area contributed by atoms with Gasteiger partial charge in [-0.2, -0.15) is 0 Å². The summed E-state index contributed by atoms with van der Waals surface area (Å²) in [4.78, 5) is 29.4. The van der Waals surface area contributed by atoms with Crippen molar-refractivity contribution in [2.75, 3.05) is 50.5 Å². The third kappa shape index (κ3) is 5.67. The molecule has 0 N–H and O–H groups in total. The minimum Gasteiger partial charge on any atom is -0.495 e. The van der Waals surface area contributed by atoms with Crippen molar-refractivity contribution in [1.29, 1.82) is 0 Å². The number of nitrogens with zero attached hydrogens (tertiary/aromatic N) is 2. The van der Waals surface area contributed by atoms with Gasteiger partial charge in [-0.3, -0.25) is 9.59 Å². The number of piperazine rings is 1. The van der Waals surface area contributed by atoms with Crippen LogP contribution >= 0.6 is 11.8 Å². The van der Waals surface area contributed by atoms with E-state index in [0.717, 1.165) is 21.9 Å². The summed E-state index contributed by atoms with van der Waals surface area (Å²) in [5.74, 6) is 0.491. The lowest BCUT2D eigenvalue weighted by molar-refractivity contribution is -0.150. The van der Waals surface area contributed by atoms with E-state index in [1.54, 1.807) is 12.0 Å². The molecule has 2 aromatic rings.